The minimum absolute atomic E-state index is 0.0664. The van der Waals surface area contributed by atoms with Crippen LogP contribution in [0.1, 0.15) is 29.5 Å². The van der Waals surface area contributed by atoms with Gasteiger partial charge in [-0.3, -0.25) is 14.3 Å². The van der Waals surface area contributed by atoms with Crippen LogP contribution in [0.3, 0.4) is 0 Å². The number of carbonyl (C=O) groups is 1. The normalized spacial score (nSPS) is 14.3. The highest BCUT2D eigenvalue weighted by Gasteiger charge is 2.17. The van der Waals surface area contributed by atoms with Crippen LogP contribution in [0.15, 0.2) is 60.0 Å². The van der Waals surface area contributed by atoms with E-state index in [9.17, 15) is 4.79 Å². The highest BCUT2D eigenvalue weighted by Crippen LogP contribution is 2.22. The molecule has 0 spiro atoms. The second kappa shape index (κ2) is 12.3. The number of aromatic nitrogens is 2. The number of imidazole rings is 1. The van der Waals surface area contributed by atoms with Crippen molar-refractivity contribution in [2.75, 3.05) is 49.9 Å². The first-order valence-corrected chi connectivity index (χ1v) is 13.5. The summed E-state index contributed by atoms with van der Waals surface area (Å²) < 4.78 is 2.05. The molecule has 1 fully saturated rings. The van der Waals surface area contributed by atoms with Crippen LogP contribution in [0.2, 0.25) is 0 Å². The Hall–Kier alpha value is -2.77. The first-order chi connectivity index (χ1) is 17.0. The minimum Gasteiger partial charge on any atom is -0.369 e. The largest absolute Gasteiger partial charge is 0.369 e. The lowest BCUT2D eigenvalue weighted by atomic mass is 10.1. The molecule has 35 heavy (non-hydrogen) atoms. The van der Waals surface area contributed by atoms with Crippen LogP contribution in [-0.4, -0.2) is 65.4 Å². The van der Waals surface area contributed by atoms with E-state index in [4.69, 9.17) is 0 Å². The van der Waals surface area contributed by atoms with Crippen molar-refractivity contribution >= 4 is 23.4 Å². The molecule has 0 radical (unpaired) electrons. The average Bonchev–Trinajstić information content (AvgIpc) is 3.31. The molecule has 0 aliphatic carbocycles. The van der Waals surface area contributed by atoms with Crippen molar-refractivity contribution in [2.45, 2.75) is 38.8 Å². The number of piperazine rings is 1. The van der Waals surface area contributed by atoms with Gasteiger partial charge < -0.3 is 10.2 Å². The number of thioether (sulfide) groups is 1. The van der Waals surface area contributed by atoms with Crippen LogP contribution in [0.5, 0.6) is 0 Å². The Balaban J connectivity index is 1.11. The minimum atomic E-state index is 0.0664. The topological polar surface area (TPSA) is 53.4 Å². The van der Waals surface area contributed by atoms with Gasteiger partial charge in [-0.25, -0.2) is 4.98 Å². The monoisotopic (exact) mass is 491 g/mol. The van der Waals surface area contributed by atoms with Crippen LogP contribution >= 0.6 is 11.8 Å². The predicted molar refractivity (Wildman–Crippen MR) is 146 cm³/mol. The molecule has 1 saturated heterocycles. The van der Waals surface area contributed by atoms with Gasteiger partial charge in [-0.15, -0.1) is 0 Å². The molecular formula is C28H37N5OS. The molecule has 1 N–H and O–H groups in total. The lowest BCUT2D eigenvalue weighted by Crippen LogP contribution is -2.46. The van der Waals surface area contributed by atoms with Gasteiger partial charge in [-0.2, -0.15) is 0 Å². The van der Waals surface area contributed by atoms with Gasteiger partial charge in [0.05, 0.1) is 5.75 Å². The maximum atomic E-state index is 12.4. The fourth-order valence-corrected chi connectivity index (χ4v) is 5.41. The molecule has 6 nitrogen and oxygen atoms in total. The Labute approximate surface area is 213 Å². The summed E-state index contributed by atoms with van der Waals surface area (Å²) in [4.78, 5) is 21.8. The summed E-state index contributed by atoms with van der Waals surface area (Å²) in [5.41, 5.74) is 6.17. The number of anilines is 1. The van der Waals surface area contributed by atoms with Crippen LogP contribution in [0, 0.1) is 20.8 Å². The number of nitrogens with one attached hydrogen (secondary N) is 1. The van der Waals surface area contributed by atoms with Crippen molar-refractivity contribution in [3.05, 3.63) is 71.5 Å². The molecule has 0 atom stereocenters. The number of nitrogens with zero attached hydrogens (tertiary/aromatic N) is 4. The van der Waals surface area contributed by atoms with E-state index in [0.29, 0.717) is 5.75 Å². The maximum Gasteiger partial charge on any atom is 0.230 e. The van der Waals surface area contributed by atoms with E-state index in [1.165, 1.54) is 34.1 Å². The molecule has 2 aromatic carbocycles. The quantitative estimate of drug-likeness (QED) is 0.332. The van der Waals surface area contributed by atoms with Crippen molar-refractivity contribution in [1.82, 2.24) is 19.8 Å². The molecule has 2 heterocycles. The van der Waals surface area contributed by atoms with E-state index in [1.54, 1.807) is 6.20 Å². The van der Waals surface area contributed by atoms with Gasteiger partial charge in [-0.05, 0) is 81.1 Å². The first kappa shape index (κ1) is 25.3. The van der Waals surface area contributed by atoms with Crippen molar-refractivity contribution < 1.29 is 4.79 Å². The molecule has 1 aliphatic rings. The smallest absolute Gasteiger partial charge is 0.230 e. The Morgan fingerprint density at radius 3 is 2.43 bits per heavy atom. The lowest BCUT2D eigenvalue weighted by molar-refractivity contribution is -0.118. The third-order valence-corrected chi connectivity index (χ3v) is 7.35. The molecule has 3 aromatic rings. The number of benzene rings is 2. The summed E-state index contributed by atoms with van der Waals surface area (Å²) in [6.07, 6.45) is 5.86. The van der Waals surface area contributed by atoms with Crippen molar-refractivity contribution in [1.29, 1.82) is 0 Å². The van der Waals surface area contributed by atoms with E-state index >= 15 is 0 Å². The van der Waals surface area contributed by atoms with E-state index in [2.05, 4.69) is 87.9 Å². The molecular weight excluding hydrogens is 454 g/mol. The van der Waals surface area contributed by atoms with Gasteiger partial charge in [0.15, 0.2) is 5.16 Å². The highest BCUT2D eigenvalue weighted by atomic mass is 32.2. The predicted octanol–water partition coefficient (Wildman–Crippen LogP) is 4.61. The number of hydrogen-bond donors (Lipinski definition) is 1. The number of amides is 1. The van der Waals surface area contributed by atoms with Gasteiger partial charge in [0.2, 0.25) is 5.91 Å². The van der Waals surface area contributed by atoms with Crippen molar-refractivity contribution in [3.8, 4) is 5.69 Å². The zero-order valence-electron chi connectivity index (χ0n) is 21.2. The van der Waals surface area contributed by atoms with Gasteiger partial charge in [0.1, 0.15) is 0 Å². The van der Waals surface area contributed by atoms with Crippen LogP contribution < -0.4 is 10.2 Å². The highest BCUT2D eigenvalue weighted by molar-refractivity contribution is 7.99. The second-order valence-corrected chi connectivity index (χ2v) is 10.4. The zero-order valence-corrected chi connectivity index (χ0v) is 22.0. The van der Waals surface area contributed by atoms with Crippen molar-refractivity contribution in [3.63, 3.8) is 0 Å². The summed E-state index contributed by atoms with van der Waals surface area (Å²) in [6.45, 7) is 12.5. The SMILES string of the molecule is Cc1cccc(N2CCN(CCCCNC(=O)CSc3nccn3-c3cc(C)cc(C)c3)CC2)c1. The van der Waals surface area contributed by atoms with Crippen LogP contribution in [0.4, 0.5) is 5.69 Å². The number of unbranched alkanes of at least 4 members (excludes halogenated alkanes) is 1. The van der Waals surface area contributed by atoms with Gasteiger partial charge in [0.25, 0.3) is 0 Å². The number of carbonyl (C=O) groups excluding carboxylic acids is 1. The molecule has 4 rings (SSSR count). The molecule has 1 aliphatic heterocycles. The fraction of sp³-hybridized carbons (Fsp3) is 0.429. The molecule has 186 valence electrons. The lowest BCUT2D eigenvalue weighted by Gasteiger charge is -2.36. The van der Waals surface area contributed by atoms with Gasteiger partial charge in [-0.1, -0.05) is 30.0 Å². The van der Waals surface area contributed by atoms with E-state index in [0.717, 1.165) is 63.0 Å². The third kappa shape index (κ3) is 7.36. The Morgan fingerprint density at radius 2 is 1.69 bits per heavy atom. The van der Waals surface area contributed by atoms with E-state index < -0.39 is 0 Å². The molecule has 0 bridgehead atoms. The van der Waals surface area contributed by atoms with E-state index in [1.807, 2.05) is 6.20 Å². The summed E-state index contributed by atoms with van der Waals surface area (Å²) >= 11 is 1.48. The average molecular weight is 492 g/mol. The Bertz CT molecular complexity index is 1100. The van der Waals surface area contributed by atoms with Crippen LogP contribution in [-0.2, 0) is 4.79 Å². The second-order valence-electron chi connectivity index (χ2n) is 9.44. The number of hydrogen-bond acceptors (Lipinski definition) is 5. The summed E-state index contributed by atoms with van der Waals surface area (Å²) in [6, 6.07) is 15.2. The first-order valence-electron chi connectivity index (χ1n) is 12.5. The Kier molecular flexibility index (Phi) is 8.88. The van der Waals surface area contributed by atoms with Crippen molar-refractivity contribution in [2.24, 2.45) is 0 Å². The number of aryl methyl sites for hydroxylation is 3. The van der Waals surface area contributed by atoms with Gasteiger partial charge >= 0.3 is 0 Å². The molecule has 1 amide bonds. The molecule has 7 heteroatoms. The standard InChI is InChI=1S/C28H37N5OS/c1-22-7-6-8-25(18-22)32-15-13-31(14-16-32)11-5-4-9-29-27(34)21-35-28-30-10-12-33(28)26-19-23(2)17-24(3)20-26/h6-8,10,12,17-20H,4-5,9,11,13-16,21H2,1-3H3,(H,29,34). The summed E-state index contributed by atoms with van der Waals surface area (Å²) in [7, 11) is 0. The fourth-order valence-electron chi connectivity index (χ4n) is 4.61. The summed E-state index contributed by atoms with van der Waals surface area (Å²) in [5.74, 6) is 0.444. The zero-order chi connectivity index (χ0) is 24.6. The molecule has 0 saturated carbocycles. The van der Waals surface area contributed by atoms with E-state index in [-0.39, 0.29) is 5.91 Å². The molecule has 0 unspecified atom stereocenters. The third-order valence-electron chi connectivity index (χ3n) is 6.39. The summed E-state index contributed by atoms with van der Waals surface area (Å²) in [5, 5.41) is 3.91. The van der Waals surface area contributed by atoms with Gasteiger partial charge in [0, 0.05) is 56.5 Å². The molecule has 1 aromatic heterocycles. The van der Waals surface area contributed by atoms with Crippen LogP contribution in [0.25, 0.3) is 5.69 Å². The Morgan fingerprint density at radius 1 is 0.943 bits per heavy atom. The maximum absolute atomic E-state index is 12.4. The number of rotatable bonds is 10.